The Bertz CT molecular complexity index is 810. The van der Waals surface area contributed by atoms with Gasteiger partial charge >= 0.3 is 6.18 Å². The molecular formula is C17H14F5NO2. The van der Waals surface area contributed by atoms with Crippen LogP contribution >= 0.6 is 0 Å². The topological polar surface area (TPSA) is 42.4 Å². The fourth-order valence-corrected chi connectivity index (χ4v) is 3.10. The highest BCUT2D eigenvalue weighted by Crippen LogP contribution is 2.51. The van der Waals surface area contributed by atoms with Gasteiger partial charge in [-0.2, -0.15) is 17.6 Å². The van der Waals surface area contributed by atoms with Gasteiger partial charge in [-0.05, 0) is 42.8 Å². The van der Waals surface area contributed by atoms with E-state index in [0.717, 1.165) is 24.4 Å². The van der Waals surface area contributed by atoms with Crippen LogP contribution in [0.1, 0.15) is 24.5 Å². The number of rotatable bonds is 4. The zero-order chi connectivity index (χ0) is 18.5. The number of pyridine rings is 1. The lowest BCUT2D eigenvalue weighted by molar-refractivity contribution is -0.275. The summed E-state index contributed by atoms with van der Waals surface area (Å²) in [5.41, 5.74) is -4.50. The van der Waals surface area contributed by atoms with Crippen molar-refractivity contribution in [2.24, 2.45) is 0 Å². The smallest absolute Gasteiger partial charge is 0.417 e. The van der Waals surface area contributed by atoms with Crippen molar-refractivity contribution >= 4 is 0 Å². The summed E-state index contributed by atoms with van der Waals surface area (Å²) in [5.74, 6) is -1.29. The number of halogens is 5. The molecule has 2 atom stereocenters. The first-order valence-corrected chi connectivity index (χ1v) is 7.41. The molecule has 1 aromatic heterocycles. The van der Waals surface area contributed by atoms with Crippen molar-refractivity contribution in [2.45, 2.75) is 37.1 Å². The van der Waals surface area contributed by atoms with Gasteiger partial charge in [-0.25, -0.2) is 9.37 Å². The van der Waals surface area contributed by atoms with Gasteiger partial charge in [0, 0.05) is 24.6 Å². The lowest BCUT2D eigenvalue weighted by Crippen LogP contribution is -2.54. The van der Waals surface area contributed by atoms with Gasteiger partial charge in [0.05, 0.1) is 0 Å². The Morgan fingerprint density at radius 1 is 1.16 bits per heavy atom. The molecule has 25 heavy (non-hydrogen) atoms. The van der Waals surface area contributed by atoms with Crippen LogP contribution in [0, 0.1) is 11.8 Å². The van der Waals surface area contributed by atoms with Gasteiger partial charge in [0.15, 0.2) is 5.60 Å². The van der Waals surface area contributed by atoms with Gasteiger partial charge in [0.1, 0.15) is 17.2 Å². The number of nitrogens with zero attached hydrogens (tertiary/aromatic N) is 1. The molecule has 0 bridgehead atoms. The summed E-state index contributed by atoms with van der Waals surface area (Å²) >= 11 is 0. The lowest BCUT2D eigenvalue weighted by Gasteiger charge is -2.46. The Morgan fingerprint density at radius 2 is 1.88 bits per heavy atom. The van der Waals surface area contributed by atoms with Crippen molar-refractivity contribution < 1.29 is 31.8 Å². The SMILES string of the molecule is CC1(CC(O)(Cc2ccnc(F)c2)C(F)(F)F)Oc2ccc(F)cc21. The molecule has 0 fully saturated rings. The number of aromatic nitrogens is 1. The summed E-state index contributed by atoms with van der Waals surface area (Å²) < 4.78 is 72.6. The minimum Gasteiger partial charge on any atom is -0.482 e. The molecule has 1 aliphatic rings. The Morgan fingerprint density at radius 3 is 2.52 bits per heavy atom. The van der Waals surface area contributed by atoms with Crippen LogP contribution in [-0.4, -0.2) is 21.9 Å². The maximum absolute atomic E-state index is 13.5. The highest BCUT2D eigenvalue weighted by atomic mass is 19.4. The molecule has 1 N–H and O–H groups in total. The number of hydrogen-bond donors (Lipinski definition) is 1. The van der Waals surface area contributed by atoms with Gasteiger partial charge < -0.3 is 9.84 Å². The van der Waals surface area contributed by atoms with E-state index in [9.17, 15) is 27.1 Å². The van der Waals surface area contributed by atoms with Crippen molar-refractivity contribution in [3.63, 3.8) is 0 Å². The second-order valence-electron chi connectivity index (χ2n) is 6.34. The van der Waals surface area contributed by atoms with Crippen LogP contribution in [0.5, 0.6) is 5.75 Å². The molecule has 0 saturated carbocycles. The number of alkyl halides is 3. The van der Waals surface area contributed by atoms with Crippen LogP contribution in [0.25, 0.3) is 0 Å². The summed E-state index contributed by atoms with van der Waals surface area (Å²) in [6.07, 6.45) is -5.71. The summed E-state index contributed by atoms with van der Waals surface area (Å²) in [6, 6.07) is 5.55. The van der Waals surface area contributed by atoms with E-state index < -0.39 is 42.0 Å². The number of aliphatic hydroxyl groups is 1. The summed E-state index contributed by atoms with van der Waals surface area (Å²) in [5, 5.41) is 10.3. The Labute approximate surface area is 140 Å². The summed E-state index contributed by atoms with van der Waals surface area (Å²) in [4.78, 5) is 3.28. The molecule has 3 rings (SSSR count). The maximum atomic E-state index is 13.5. The first kappa shape index (κ1) is 17.6. The van der Waals surface area contributed by atoms with E-state index in [2.05, 4.69) is 4.98 Å². The molecule has 0 aliphatic carbocycles. The Kier molecular flexibility index (Phi) is 3.98. The number of ether oxygens (including phenoxy) is 1. The van der Waals surface area contributed by atoms with Crippen LogP contribution in [0.2, 0.25) is 0 Å². The number of fused-ring (bicyclic) bond motifs is 1. The minimum absolute atomic E-state index is 0.0604. The number of benzene rings is 1. The quantitative estimate of drug-likeness (QED) is 0.665. The maximum Gasteiger partial charge on any atom is 0.417 e. The first-order chi connectivity index (χ1) is 11.5. The van der Waals surface area contributed by atoms with Gasteiger partial charge in [-0.1, -0.05) is 0 Å². The molecule has 8 heteroatoms. The summed E-state index contributed by atoms with van der Waals surface area (Å²) in [7, 11) is 0. The first-order valence-electron chi connectivity index (χ1n) is 7.41. The van der Waals surface area contributed by atoms with Crippen LogP contribution in [0.4, 0.5) is 22.0 Å². The van der Waals surface area contributed by atoms with Crippen LogP contribution < -0.4 is 4.74 Å². The monoisotopic (exact) mass is 359 g/mol. The molecule has 1 aromatic carbocycles. The van der Waals surface area contributed by atoms with E-state index in [4.69, 9.17) is 4.74 Å². The van der Waals surface area contributed by atoms with E-state index in [1.807, 2.05) is 0 Å². The zero-order valence-corrected chi connectivity index (χ0v) is 13.1. The lowest BCUT2D eigenvalue weighted by atomic mass is 9.77. The molecule has 0 spiro atoms. The van der Waals surface area contributed by atoms with E-state index in [1.165, 1.54) is 19.1 Å². The molecule has 2 heterocycles. The molecular weight excluding hydrogens is 345 g/mol. The predicted molar refractivity (Wildman–Crippen MR) is 77.9 cm³/mol. The van der Waals surface area contributed by atoms with Crippen molar-refractivity contribution in [1.29, 1.82) is 0 Å². The van der Waals surface area contributed by atoms with E-state index in [0.29, 0.717) is 0 Å². The average molecular weight is 359 g/mol. The Hall–Kier alpha value is -2.22. The van der Waals surface area contributed by atoms with Crippen molar-refractivity contribution in [1.82, 2.24) is 4.98 Å². The molecule has 1 aliphatic heterocycles. The number of hydrogen-bond acceptors (Lipinski definition) is 3. The molecule has 134 valence electrons. The highest BCUT2D eigenvalue weighted by Gasteiger charge is 2.59. The largest absolute Gasteiger partial charge is 0.482 e. The second kappa shape index (κ2) is 5.66. The third kappa shape index (κ3) is 3.18. The van der Waals surface area contributed by atoms with Gasteiger partial charge in [-0.15, -0.1) is 0 Å². The average Bonchev–Trinajstić information content (AvgIpc) is 2.47. The molecule has 3 nitrogen and oxygen atoms in total. The van der Waals surface area contributed by atoms with Crippen molar-refractivity contribution in [3.8, 4) is 5.75 Å². The molecule has 2 unspecified atom stereocenters. The zero-order valence-electron chi connectivity index (χ0n) is 13.1. The molecule has 0 amide bonds. The van der Waals surface area contributed by atoms with E-state index >= 15 is 0 Å². The van der Waals surface area contributed by atoms with E-state index in [-0.39, 0.29) is 16.9 Å². The second-order valence-corrected chi connectivity index (χ2v) is 6.34. The van der Waals surface area contributed by atoms with Crippen molar-refractivity contribution in [2.75, 3.05) is 0 Å². The molecule has 2 aromatic rings. The summed E-state index contributed by atoms with van der Waals surface area (Å²) in [6.45, 7) is 1.35. The third-order valence-electron chi connectivity index (χ3n) is 4.29. The van der Waals surface area contributed by atoms with Gasteiger partial charge in [0.25, 0.3) is 0 Å². The normalized spacial score (nSPS) is 21.7. The van der Waals surface area contributed by atoms with Gasteiger partial charge in [-0.3, -0.25) is 0 Å². The fourth-order valence-electron chi connectivity index (χ4n) is 3.10. The van der Waals surface area contributed by atoms with Gasteiger partial charge in [0.2, 0.25) is 5.95 Å². The molecule has 0 saturated heterocycles. The fraction of sp³-hybridized carbons (Fsp3) is 0.353. The predicted octanol–water partition coefficient (Wildman–Crippen LogP) is 3.89. The Balaban J connectivity index is 1.92. The van der Waals surface area contributed by atoms with Crippen LogP contribution in [0.3, 0.4) is 0 Å². The standard InChI is InChI=1S/C17H14F5NO2/c1-15(12-7-11(18)2-3-13(12)25-15)9-16(24,17(20,21)22)8-10-4-5-23-14(19)6-10/h2-7,24H,8-9H2,1H3. The van der Waals surface area contributed by atoms with Crippen molar-refractivity contribution in [3.05, 3.63) is 59.4 Å². The van der Waals surface area contributed by atoms with Crippen LogP contribution in [-0.2, 0) is 12.0 Å². The minimum atomic E-state index is -5.00. The van der Waals surface area contributed by atoms with E-state index in [1.54, 1.807) is 0 Å². The van der Waals surface area contributed by atoms with Crippen LogP contribution in [0.15, 0.2) is 36.5 Å². The third-order valence-corrected chi connectivity index (χ3v) is 4.29. The highest BCUT2D eigenvalue weighted by molar-refractivity contribution is 5.46. The molecule has 0 radical (unpaired) electrons.